The Balaban J connectivity index is -0.00000000500. The van der Waals surface area contributed by atoms with E-state index >= 15 is 0 Å². The second-order valence-electron chi connectivity index (χ2n) is 0. The first-order chi connectivity index (χ1) is 1.00. The van der Waals surface area contributed by atoms with Gasteiger partial charge in [0.25, 0.3) is 0 Å². The predicted molar refractivity (Wildman–Crippen MR) is 18.2 cm³/mol. The van der Waals surface area contributed by atoms with Crippen molar-refractivity contribution in [1.29, 1.82) is 0 Å². The summed E-state index contributed by atoms with van der Waals surface area (Å²) >= 11 is 0. The molecular formula is CH5FeOP. The van der Waals surface area contributed by atoms with E-state index in [1.54, 1.807) is 0 Å². The van der Waals surface area contributed by atoms with Gasteiger partial charge in [-0.1, -0.05) is 0 Å². The molecule has 28 valence electrons. The monoisotopic (exact) mass is 120 g/mol. The second kappa shape index (κ2) is 64.7. The van der Waals surface area contributed by atoms with E-state index in [1.165, 1.54) is 0 Å². The zero-order chi connectivity index (χ0) is 2.00. The van der Waals surface area contributed by atoms with Gasteiger partial charge in [0.05, 0.1) is 0 Å². The summed E-state index contributed by atoms with van der Waals surface area (Å²) in [5.74, 6) is 0. The van der Waals surface area contributed by atoms with E-state index in [2.05, 4.69) is 0 Å². The van der Waals surface area contributed by atoms with Crippen LogP contribution in [0.1, 0.15) is 0 Å². The summed E-state index contributed by atoms with van der Waals surface area (Å²) in [6, 6.07) is 0. The normalized spacial score (nSPS) is 1.00. The van der Waals surface area contributed by atoms with E-state index in [1.807, 2.05) is 6.79 Å². The maximum atomic E-state index is 8.00. The summed E-state index contributed by atoms with van der Waals surface area (Å²) in [5, 5.41) is 0. The molecule has 0 radical (unpaired) electrons. The van der Waals surface area contributed by atoms with Crippen molar-refractivity contribution in [1.82, 2.24) is 0 Å². The Morgan fingerprint density at radius 3 is 1.25 bits per heavy atom. The van der Waals surface area contributed by atoms with Gasteiger partial charge in [-0.2, -0.15) is 9.90 Å². The minimum atomic E-state index is 0. The molecule has 1 atom stereocenters. The van der Waals surface area contributed by atoms with Crippen molar-refractivity contribution >= 4 is 16.7 Å². The Bertz CT molecular complexity index is 8.00. The van der Waals surface area contributed by atoms with Crippen LogP contribution in [0, 0.1) is 0 Å². The third kappa shape index (κ3) is 17.9. The Labute approximate surface area is 39.2 Å². The van der Waals surface area contributed by atoms with E-state index in [0.717, 1.165) is 0 Å². The minimum absolute atomic E-state index is 0. The van der Waals surface area contributed by atoms with Gasteiger partial charge in [0.1, 0.15) is 6.79 Å². The molecule has 1 nitrogen and oxygen atoms in total. The molecule has 0 bridgehead atoms. The fraction of sp³-hybridized carbons (Fsp3) is 0. The van der Waals surface area contributed by atoms with E-state index in [9.17, 15) is 0 Å². The summed E-state index contributed by atoms with van der Waals surface area (Å²) < 4.78 is 0. The van der Waals surface area contributed by atoms with Crippen molar-refractivity contribution in [2.75, 3.05) is 0 Å². The van der Waals surface area contributed by atoms with Crippen LogP contribution < -0.4 is 0 Å². The third-order valence-electron chi connectivity index (χ3n) is 0. The van der Waals surface area contributed by atoms with Crippen LogP contribution in [0.2, 0.25) is 0 Å². The second-order valence-corrected chi connectivity index (χ2v) is 0. The van der Waals surface area contributed by atoms with Crippen LogP contribution in [0.4, 0.5) is 0 Å². The minimum Gasteiger partial charge on any atom is -0.307 e. The number of carbonyl (C=O) groups excluding carboxylic acids is 1. The Hall–Kier alpha value is 0.619. The van der Waals surface area contributed by atoms with Gasteiger partial charge in [0, 0.05) is 17.1 Å². The number of rotatable bonds is 0. The first kappa shape index (κ1) is 23.1. The Morgan fingerprint density at radius 1 is 1.25 bits per heavy atom. The smallest absolute Gasteiger partial charge is 0.106 e. The molecule has 3 heteroatoms. The molecule has 0 aliphatic carbocycles. The molecule has 0 aromatic heterocycles. The molecule has 0 aliphatic rings. The number of hydrogen-bond acceptors (Lipinski definition) is 1. The number of hydrogen-bond donors (Lipinski definition) is 0. The topological polar surface area (TPSA) is 17.1 Å². The Morgan fingerprint density at radius 2 is 1.25 bits per heavy atom. The van der Waals surface area contributed by atoms with Crippen LogP contribution in [0.25, 0.3) is 0 Å². The summed E-state index contributed by atoms with van der Waals surface area (Å²) in [6.07, 6.45) is 0. The molecular weight excluding hydrogens is 115 g/mol. The van der Waals surface area contributed by atoms with E-state index in [4.69, 9.17) is 4.79 Å². The molecule has 0 aromatic carbocycles. The van der Waals surface area contributed by atoms with Gasteiger partial charge in [-0.3, -0.25) is 0 Å². The van der Waals surface area contributed by atoms with Gasteiger partial charge in [-0.05, 0) is 0 Å². The number of carbonyl (C=O) groups is 1. The molecule has 0 spiro atoms. The van der Waals surface area contributed by atoms with Crippen molar-refractivity contribution in [2.45, 2.75) is 0 Å². The molecule has 0 N–H and O–H groups in total. The van der Waals surface area contributed by atoms with Crippen LogP contribution in [-0.4, -0.2) is 6.79 Å². The molecule has 0 aliphatic heterocycles. The van der Waals surface area contributed by atoms with E-state index < -0.39 is 0 Å². The summed E-state index contributed by atoms with van der Waals surface area (Å²) in [5.41, 5.74) is 0. The fourth-order valence-electron chi connectivity index (χ4n) is 0. The van der Waals surface area contributed by atoms with Gasteiger partial charge in [-0.15, -0.1) is 0 Å². The van der Waals surface area contributed by atoms with E-state index in [-0.39, 0.29) is 27.0 Å². The van der Waals surface area contributed by atoms with Crippen LogP contribution in [-0.2, 0) is 21.9 Å². The SMILES string of the molecule is C=O.P.[Fe]. The summed E-state index contributed by atoms with van der Waals surface area (Å²) in [4.78, 5) is 8.00. The van der Waals surface area contributed by atoms with Gasteiger partial charge in [-0.25, -0.2) is 0 Å². The average Bonchev–Trinajstić information content (AvgIpc) is 1.00. The summed E-state index contributed by atoms with van der Waals surface area (Å²) in [7, 11) is 0. The molecule has 0 aromatic rings. The molecule has 0 amide bonds. The Kier molecular flexibility index (Phi) is 373. The van der Waals surface area contributed by atoms with Crippen molar-refractivity contribution in [3.63, 3.8) is 0 Å². The summed E-state index contributed by atoms with van der Waals surface area (Å²) in [6.45, 7) is 2.00. The average molecular weight is 120 g/mol. The van der Waals surface area contributed by atoms with Crippen molar-refractivity contribution in [3.05, 3.63) is 0 Å². The maximum absolute atomic E-state index is 8.00. The molecule has 0 rings (SSSR count). The molecule has 0 fully saturated rings. The zero-order valence-corrected chi connectivity index (χ0v) is 4.69. The zero-order valence-electron chi connectivity index (χ0n) is 2.18. The molecule has 4 heavy (non-hydrogen) atoms. The van der Waals surface area contributed by atoms with Crippen molar-refractivity contribution in [3.8, 4) is 0 Å². The van der Waals surface area contributed by atoms with Gasteiger partial charge in [0.15, 0.2) is 0 Å². The van der Waals surface area contributed by atoms with Gasteiger partial charge in [0.2, 0.25) is 0 Å². The van der Waals surface area contributed by atoms with Crippen molar-refractivity contribution < 1.29 is 21.9 Å². The van der Waals surface area contributed by atoms with E-state index in [0.29, 0.717) is 0 Å². The van der Waals surface area contributed by atoms with Crippen molar-refractivity contribution in [2.24, 2.45) is 0 Å². The first-order valence-corrected chi connectivity index (χ1v) is 0.289. The molecule has 0 saturated carbocycles. The third-order valence-corrected chi connectivity index (χ3v) is 0. The largest absolute Gasteiger partial charge is 0.307 e. The quantitative estimate of drug-likeness (QED) is 0.321. The molecule has 0 saturated heterocycles. The van der Waals surface area contributed by atoms with Crippen LogP contribution in [0.3, 0.4) is 0 Å². The van der Waals surface area contributed by atoms with Crippen LogP contribution in [0.5, 0.6) is 0 Å². The molecule has 0 heterocycles. The standard InChI is InChI=1S/CH2O.Fe.H3P/c1-2;;/h1H2;;1H3. The fourth-order valence-corrected chi connectivity index (χ4v) is 0. The predicted octanol–water partition coefficient (Wildman–Crippen LogP) is -0.129. The molecule has 1 unspecified atom stereocenters. The van der Waals surface area contributed by atoms with Crippen LogP contribution >= 0.6 is 9.90 Å². The maximum Gasteiger partial charge on any atom is 0.106 e. The first-order valence-electron chi connectivity index (χ1n) is 0.289. The van der Waals surface area contributed by atoms with Gasteiger partial charge < -0.3 is 4.79 Å². The van der Waals surface area contributed by atoms with Crippen LogP contribution in [0.15, 0.2) is 0 Å². The van der Waals surface area contributed by atoms with Gasteiger partial charge >= 0.3 is 0 Å².